The van der Waals surface area contributed by atoms with E-state index < -0.39 is 6.04 Å². The van der Waals surface area contributed by atoms with Crippen LogP contribution in [0.15, 0.2) is 24.3 Å². The minimum absolute atomic E-state index is 0.0439. The molecule has 1 aliphatic rings. The van der Waals surface area contributed by atoms with Gasteiger partial charge in [0.05, 0.1) is 6.04 Å². The van der Waals surface area contributed by atoms with Crippen molar-refractivity contribution in [2.45, 2.75) is 19.5 Å². The summed E-state index contributed by atoms with van der Waals surface area (Å²) >= 11 is 5.98. The number of nitrogens with zero attached hydrogens (tertiary/aromatic N) is 2. The van der Waals surface area contributed by atoms with E-state index in [1.54, 1.807) is 6.92 Å². The minimum Gasteiger partial charge on any atom is -0.339 e. The molecule has 1 aliphatic heterocycles. The van der Waals surface area contributed by atoms with Crippen molar-refractivity contribution in [2.24, 2.45) is 5.73 Å². The summed E-state index contributed by atoms with van der Waals surface area (Å²) in [4.78, 5) is 15.9. The smallest absolute Gasteiger partial charge is 0.239 e. The number of halogens is 1. The van der Waals surface area contributed by atoms with E-state index in [1.807, 2.05) is 23.1 Å². The molecule has 2 rings (SSSR count). The highest BCUT2D eigenvalue weighted by Crippen LogP contribution is 2.14. The van der Waals surface area contributed by atoms with Gasteiger partial charge in [0.25, 0.3) is 0 Å². The predicted molar refractivity (Wildman–Crippen MR) is 77.0 cm³/mol. The second kappa shape index (κ2) is 6.37. The Morgan fingerprint density at radius 2 is 2.05 bits per heavy atom. The van der Waals surface area contributed by atoms with Crippen LogP contribution in [0, 0.1) is 0 Å². The van der Waals surface area contributed by atoms with Gasteiger partial charge in [-0.25, -0.2) is 0 Å². The number of hydrogen-bond acceptors (Lipinski definition) is 3. The molecule has 104 valence electrons. The highest BCUT2D eigenvalue weighted by atomic mass is 35.5. The molecule has 1 saturated heterocycles. The first-order chi connectivity index (χ1) is 9.06. The number of piperazine rings is 1. The summed E-state index contributed by atoms with van der Waals surface area (Å²) in [6, 6.07) is 7.50. The Hall–Kier alpha value is -1.10. The Kier molecular flexibility index (Phi) is 4.80. The number of carbonyl (C=O) groups is 1. The molecule has 0 bridgehead atoms. The Balaban J connectivity index is 1.85. The summed E-state index contributed by atoms with van der Waals surface area (Å²) in [5.74, 6) is 0.0439. The minimum atomic E-state index is -0.403. The zero-order valence-electron chi connectivity index (χ0n) is 11.2. The van der Waals surface area contributed by atoms with Gasteiger partial charge in [0.1, 0.15) is 0 Å². The van der Waals surface area contributed by atoms with Gasteiger partial charge in [-0.05, 0) is 24.6 Å². The zero-order chi connectivity index (χ0) is 13.8. The Labute approximate surface area is 119 Å². The van der Waals surface area contributed by atoms with Crippen LogP contribution < -0.4 is 5.73 Å². The van der Waals surface area contributed by atoms with Crippen LogP contribution in [-0.2, 0) is 11.3 Å². The Bertz CT molecular complexity index is 442. The van der Waals surface area contributed by atoms with Crippen molar-refractivity contribution >= 4 is 17.5 Å². The lowest BCUT2D eigenvalue weighted by atomic mass is 10.2. The SMILES string of the molecule is C[C@@H](N)C(=O)N1CCN(Cc2cccc(Cl)c2)CC1. The zero-order valence-corrected chi connectivity index (χ0v) is 11.9. The molecule has 0 radical (unpaired) electrons. The first kappa shape index (κ1) is 14.3. The third-order valence-electron chi connectivity index (χ3n) is 3.37. The summed E-state index contributed by atoms with van der Waals surface area (Å²) in [6.45, 7) is 5.87. The van der Waals surface area contributed by atoms with E-state index in [4.69, 9.17) is 17.3 Å². The van der Waals surface area contributed by atoms with E-state index in [9.17, 15) is 4.79 Å². The largest absolute Gasteiger partial charge is 0.339 e. The molecule has 0 unspecified atom stereocenters. The van der Waals surface area contributed by atoms with Crippen molar-refractivity contribution in [1.29, 1.82) is 0 Å². The molecule has 5 heteroatoms. The van der Waals surface area contributed by atoms with Crippen molar-refractivity contribution in [1.82, 2.24) is 9.80 Å². The fourth-order valence-electron chi connectivity index (χ4n) is 2.31. The normalized spacial score (nSPS) is 18.4. The lowest BCUT2D eigenvalue weighted by Gasteiger charge is -2.35. The second-order valence-corrected chi connectivity index (χ2v) is 5.46. The quantitative estimate of drug-likeness (QED) is 0.909. The van der Waals surface area contributed by atoms with Gasteiger partial charge in [0.15, 0.2) is 0 Å². The molecule has 1 fully saturated rings. The Morgan fingerprint density at radius 1 is 1.37 bits per heavy atom. The van der Waals surface area contributed by atoms with E-state index in [1.165, 1.54) is 5.56 Å². The van der Waals surface area contributed by atoms with Gasteiger partial charge in [0.2, 0.25) is 5.91 Å². The number of rotatable bonds is 3. The second-order valence-electron chi connectivity index (χ2n) is 5.02. The van der Waals surface area contributed by atoms with Crippen molar-refractivity contribution in [3.63, 3.8) is 0 Å². The fourth-order valence-corrected chi connectivity index (χ4v) is 2.52. The molecule has 0 aromatic heterocycles. The summed E-state index contributed by atoms with van der Waals surface area (Å²) < 4.78 is 0. The monoisotopic (exact) mass is 281 g/mol. The van der Waals surface area contributed by atoms with E-state index in [0.717, 1.165) is 37.7 Å². The Morgan fingerprint density at radius 3 is 2.63 bits per heavy atom. The van der Waals surface area contributed by atoms with Crippen LogP contribution in [0.4, 0.5) is 0 Å². The number of benzene rings is 1. The van der Waals surface area contributed by atoms with Crippen LogP contribution >= 0.6 is 11.6 Å². The van der Waals surface area contributed by atoms with Gasteiger partial charge >= 0.3 is 0 Å². The average molecular weight is 282 g/mol. The van der Waals surface area contributed by atoms with Crippen molar-refractivity contribution in [3.8, 4) is 0 Å². The van der Waals surface area contributed by atoms with Crippen molar-refractivity contribution < 1.29 is 4.79 Å². The maximum atomic E-state index is 11.8. The van der Waals surface area contributed by atoms with Gasteiger partial charge in [-0.2, -0.15) is 0 Å². The maximum absolute atomic E-state index is 11.8. The topological polar surface area (TPSA) is 49.6 Å². The van der Waals surface area contributed by atoms with Gasteiger partial charge in [-0.3, -0.25) is 9.69 Å². The first-order valence-electron chi connectivity index (χ1n) is 6.57. The van der Waals surface area contributed by atoms with Crippen molar-refractivity contribution in [3.05, 3.63) is 34.9 Å². The molecule has 19 heavy (non-hydrogen) atoms. The van der Waals surface area contributed by atoms with Crippen LogP contribution in [0.5, 0.6) is 0 Å². The standard InChI is InChI=1S/C14H20ClN3O/c1-11(16)14(19)18-7-5-17(6-8-18)10-12-3-2-4-13(15)9-12/h2-4,9,11H,5-8,10,16H2,1H3/t11-/m1/s1. The fraction of sp³-hybridized carbons (Fsp3) is 0.500. The van der Waals surface area contributed by atoms with Crippen molar-refractivity contribution in [2.75, 3.05) is 26.2 Å². The van der Waals surface area contributed by atoms with Gasteiger partial charge in [0, 0.05) is 37.7 Å². The molecule has 0 saturated carbocycles. The lowest BCUT2D eigenvalue weighted by molar-refractivity contribution is -0.134. The van der Waals surface area contributed by atoms with E-state index in [-0.39, 0.29) is 5.91 Å². The van der Waals surface area contributed by atoms with E-state index in [0.29, 0.717) is 0 Å². The molecule has 0 aliphatic carbocycles. The van der Waals surface area contributed by atoms with Gasteiger partial charge < -0.3 is 10.6 Å². The van der Waals surface area contributed by atoms with Crippen LogP contribution in [0.2, 0.25) is 5.02 Å². The number of nitrogens with two attached hydrogens (primary N) is 1. The summed E-state index contributed by atoms with van der Waals surface area (Å²) in [7, 11) is 0. The van der Waals surface area contributed by atoms with Crippen LogP contribution in [0.3, 0.4) is 0 Å². The third-order valence-corrected chi connectivity index (χ3v) is 3.60. The van der Waals surface area contributed by atoms with Gasteiger partial charge in [-0.1, -0.05) is 23.7 Å². The average Bonchev–Trinajstić information content (AvgIpc) is 2.39. The molecule has 1 heterocycles. The molecular formula is C14H20ClN3O. The molecule has 1 amide bonds. The molecule has 2 N–H and O–H groups in total. The molecule has 1 aromatic carbocycles. The van der Waals surface area contributed by atoms with Crippen LogP contribution in [-0.4, -0.2) is 47.9 Å². The molecule has 4 nitrogen and oxygen atoms in total. The van der Waals surface area contributed by atoms with E-state index in [2.05, 4.69) is 11.0 Å². The summed E-state index contributed by atoms with van der Waals surface area (Å²) in [5.41, 5.74) is 6.83. The number of amides is 1. The van der Waals surface area contributed by atoms with E-state index >= 15 is 0 Å². The predicted octanol–water partition coefficient (Wildman–Crippen LogP) is 1.33. The van der Waals surface area contributed by atoms with Gasteiger partial charge in [-0.15, -0.1) is 0 Å². The maximum Gasteiger partial charge on any atom is 0.239 e. The molecule has 1 aromatic rings. The highest BCUT2D eigenvalue weighted by Gasteiger charge is 2.22. The molecule has 0 spiro atoms. The van der Waals surface area contributed by atoms with Crippen LogP contribution in [0.1, 0.15) is 12.5 Å². The highest BCUT2D eigenvalue weighted by molar-refractivity contribution is 6.30. The molecule has 1 atom stereocenters. The molecular weight excluding hydrogens is 262 g/mol. The van der Waals surface area contributed by atoms with Crippen LogP contribution in [0.25, 0.3) is 0 Å². The number of carbonyl (C=O) groups excluding carboxylic acids is 1. The third kappa shape index (κ3) is 3.93. The number of hydrogen-bond donors (Lipinski definition) is 1. The summed E-state index contributed by atoms with van der Waals surface area (Å²) in [6.07, 6.45) is 0. The first-order valence-corrected chi connectivity index (χ1v) is 6.95. The summed E-state index contributed by atoms with van der Waals surface area (Å²) in [5, 5.41) is 0.767. The lowest BCUT2D eigenvalue weighted by Crippen LogP contribution is -2.52.